The summed E-state index contributed by atoms with van der Waals surface area (Å²) in [5.74, 6) is 0.0754. The maximum absolute atomic E-state index is 12.6. The number of fused-ring (bicyclic) bond motifs is 1. The Morgan fingerprint density at radius 2 is 1.73 bits per heavy atom. The lowest BCUT2D eigenvalue weighted by molar-refractivity contribution is -0.134. The molecular formula is C23H23N3O4. The highest BCUT2D eigenvalue weighted by atomic mass is 16.5. The Hall–Kier alpha value is -3.61. The fourth-order valence-corrected chi connectivity index (χ4v) is 3.65. The number of rotatable bonds is 5. The summed E-state index contributed by atoms with van der Waals surface area (Å²) in [6.45, 7) is 2.21. The zero-order valence-corrected chi connectivity index (χ0v) is 16.8. The van der Waals surface area contributed by atoms with Crippen molar-refractivity contribution in [2.24, 2.45) is 0 Å². The third kappa shape index (κ3) is 4.05. The van der Waals surface area contributed by atoms with Gasteiger partial charge in [-0.2, -0.15) is 0 Å². The summed E-state index contributed by atoms with van der Waals surface area (Å²) in [7, 11) is 1.65. The predicted molar refractivity (Wildman–Crippen MR) is 114 cm³/mol. The second-order valence-electron chi connectivity index (χ2n) is 7.00. The van der Waals surface area contributed by atoms with Crippen LogP contribution in [0.25, 0.3) is 10.9 Å². The van der Waals surface area contributed by atoms with Crippen molar-refractivity contribution in [1.29, 1.82) is 0 Å². The lowest BCUT2D eigenvalue weighted by Gasteiger charge is -2.36. The number of amides is 1. The molecular weight excluding hydrogens is 382 g/mol. The van der Waals surface area contributed by atoms with Gasteiger partial charge in [0.05, 0.1) is 23.9 Å². The Bertz CT molecular complexity index is 1060. The molecule has 2 aromatic carbocycles. The molecule has 0 spiro atoms. The minimum absolute atomic E-state index is 0.198. The van der Waals surface area contributed by atoms with Gasteiger partial charge < -0.3 is 19.3 Å². The quantitative estimate of drug-likeness (QED) is 0.608. The minimum atomic E-state index is -0.541. The van der Waals surface area contributed by atoms with Gasteiger partial charge in [-0.05, 0) is 24.3 Å². The number of piperazine rings is 1. The van der Waals surface area contributed by atoms with Crippen molar-refractivity contribution < 1.29 is 19.1 Å². The number of esters is 1. The number of hydrogen-bond acceptors (Lipinski definition) is 6. The summed E-state index contributed by atoms with van der Waals surface area (Å²) in [5, 5.41) is 0.853. The molecule has 0 atom stereocenters. The maximum Gasteiger partial charge on any atom is 0.340 e. The third-order valence-corrected chi connectivity index (χ3v) is 5.24. The number of para-hydroxylation sites is 3. The smallest absolute Gasteiger partial charge is 0.340 e. The Labute approximate surface area is 174 Å². The molecule has 3 aromatic rings. The molecule has 30 heavy (non-hydrogen) atoms. The first-order chi connectivity index (χ1) is 14.7. The summed E-state index contributed by atoms with van der Waals surface area (Å²) in [6.07, 6.45) is 1.63. The number of pyridine rings is 1. The van der Waals surface area contributed by atoms with Crippen LogP contribution in [0.4, 0.5) is 5.69 Å². The van der Waals surface area contributed by atoms with E-state index in [-0.39, 0.29) is 12.5 Å². The molecule has 0 bridgehead atoms. The monoisotopic (exact) mass is 405 g/mol. The van der Waals surface area contributed by atoms with Crippen LogP contribution in [0.1, 0.15) is 10.4 Å². The number of methoxy groups -OCH3 is 1. The lowest BCUT2D eigenvalue weighted by Crippen LogP contribution is -2.50. The highest BCUT2D eigenvalue weighted by Gasteiger charge is 2.24. The summed E-state index contributed by atoms with van der Waals surface area (Å²) in [4.78, 5) is 33.2. The number of nitrogens with zero attached hydrogens (tertiary/aromatic N) is 3. The molecule has 0 N–H and O–H groups in total. The molecule has 1 fully saturated rings. The van der Waals surface area contributed by atoms with Crippen molar-refractivity contribution in [2.45, 2.75) is 0 Å². The van der Waals surface area contributed by atoms with Gasteiger partial charge in [0.2, 0.25) is 0 Å². The Morgan fingerprint density at radius 3 is 2.53 bits per heavy atom. The zero-order valence-electron chi connectivity index (χ0n) is 16.8. The Morgan fingerprint density at radius 1 is 0.967 bits per heavy atom. The molecule has 2 heterocycles. The molecule has 0 radical (unpaired) electrons. The first kappa shape index (κ1) is 19.7. The average molecular weight is 405 g/mol. The molecule has 0 saturated carbocycles. The Kier molecular flexibility index (Phi) is 5.79. The second-order valence-corrected chi connectivity index (χ2v) is 7.00. The van der Waals surface area contributed by atoms with E-state index >= 15 is 0 Å². The number of carbonyl (C=O) groups excluding carboxylic acids is 2. The molecule has 1 saturated heterocycles. The van der Waals surface area contributed by atoms with Crippen LogP contribution in [0.2, 0.25) is 0 Å². The van der Waals surface area contributed by atoms with E-state index in [0.29, 0.717) is 37.3 Å². The van der Waals surface area contributed by atoms with Crippen molar-refractivity contribution >= 4 is 28.5 Å². The van der Waals surface area contributed by atoms with Crippen molar-refractivity contribution in [1.82, 2.24) is 9.88 Å². The summed E-state index contributed by atoms with van der Waals surface area (Å²) in [6, 6.07) is 16.8. The van der Waals surface area contributed by atoms with Gasteiger partial charge in [-0.25, -0.2) is 4.79 Å². The zero-order chi connectivity index (χ0) is 20.9. The van der Waals surface area contributed by atoms with Gasteiger partial charge in [-0.3, -0.25) is 9.78 Å². The van der Waals surface area contributed by atoms with Crippen LogP contribution in [0, 0.1) is 0 Å². The first-order valence-electron chi connectivity index (χ1n) is 9.84. The molecule has 7 heteroatoms. The van der Waals surface area contributed by atoms with E-state index in [2.05, 4.69) is 9.88 Å². The van der Waals surface area contributed by atoms with Gasteiger partial charge in [0, 0.05) is 37.8 Å². The van der Waals surface area contributed by atoms with Crippen molar-refractivity contribution in [3.8, 4) is 5.75 Å². The molecule has 7 nitrogen and oxygen atoms in total. The van der Waals surface area contributed by atoms with Crippen LogP contribution < -0.4 is 9.64 Å². The van der Waals surface area contributed by atoms with Crippen LogP contribution in [-0.2, 0) is 9.53 Å². The van der Waals surface area contributed by atoms with Crippen LogP contribution >= 0.6 is 0 Å². The molecule has 154 valence electrons. The molecule has 0 aliphatic carbocycles. The lowest BCUT2D eigenvalue weighted by atomic mass is 10.1. The number of benzene rings is 2. The van der Waals surface area contributed by atoms with E-state index in [4.69, 9.17) is 9.47 Å². The van der Waals surface area contributed by atoms with Gasteiger partial charge >= 0.3 is 5.97 Å². The van der Waals surface area contributed by atoms with Crippen molar-refractivity contribution in [3.05, 3.63) is 66.4 Å². The average Bonchev–Trinajstić information content (AvgIpc) is 2.82. The maximum atomic E-state index is 12.6. The Balaban J connectivity index is 1.33. The third-order valence-electron chi connectivity index (χ3n) is 5.24. The number of anilines is 1. The fraction of sp³-hybridized carbons (Fsp3) is 0.261. The van der Waals surface area contributed by atoms with E-state index in [0.717, 1.165) is 16.8 Å². The van der Waals surface area contributed by atoms with E-state index in [1.807, 2.05) is 42.5 Å². The van der Waals surface area contributed by atoms with Crippen LogP contribution in [-0.4, -0.2) is 61.7 Å². The summed E-state index contributed by atoms with van der Waals surface area (Å²) in [5.41, 5.74) is 1.95. The van der Waals surface area contributed by atoms with E-state index in [1.165, 1.54) is 0 Å². The van der Waals surface area contributed by atoms with Gasteiger partial charge in [-0.15, -0.1) is 0 Å². The fourth-order valence-electron chi connectivity index (χ4n) is 3.65. The summed E-state index contributed by atoms with van der Waals surface area (Å²) < 4.78 is 10.7. The SMILES string of the molecule is COc1ccccc1N1CCN(C(=O)COC(=O)c2cccc3cccnc23)CC1. The second kappa shape index (κ2) is 8.82. The predicted octanol–water partition coefficient (Wildman–Crippen LogP) is 2.75. The van der Waals surface area contributed by atoms with Crippen LogP contribution in [0.15, 0.2) is 60.8 Å². The number of ether oxygens (including phenoxy) is 2. The van der Waals surface area contributed by atoms with E-state index < -0.39 is 5.97 Å². The van der Waals surface area contributed by atoms with Gasteiger partial charge in [0.25, 0.3) is 5.91 Å². The highest BCUT2D eigenvalue weighted by Crippen LogP contribution is 2.28. The van der Waals surface area contributed by atoms with Crippen LogP contribution in [0.5, 0.6) is 5.75 Å². The summed E-state index contributed by atoms with van der Waals surface area (Å²) >= 11 is 0. The standard InChI is InChI=1S/C23H23N3O4/c1-29-20-10-3-2-9-19(20)25-12-14-26(15-13-25)21(27)16-30-23(28)18-8-4-6-17-7-5-11-24-22(17)18/h2-11H,12-16H2,1H3. The van der Waals surface area contributed by atoms with Gasteiger partial charge in [-0.1, -0.05) is 30.3 Å². The molecule has 1 amide bonds. The molecule has 1 aliphatic heterocycles. The topological polar surface area (TPSA) is 72.0 Å². The molecule has 1 aromatic heterocycles. The number of hydrogen-bond donors (Lipinski definition) is 0. The highest BCUT2D eigenvalue weighted by molar-refractivity contribution is 6.03. The van der Waals surface area contributed by atoms with Crippen molar-refractivity contribution in [2.75, 3.05) is 44.8 Å². The van der Waals surface area contributed by atoms with Gasteiger partial charge in [0.1, 0.15) is 5.75 Å². The van der Waals surface area contributed by atoms with Gasteiger partial charge in [0.15, 0.2) is 6.61 Å². The van der Waals surface area contributed by atoms with Crippen LogP contribution in [0.3, 0.4) is 0 Å². The molecule has 4 rings (SSSR count). The normalized spacial score (nSPS) is 13.9. The van der Waals surface area contributed by atoms with E-state index in [9.17, 15) is 9.59 Å². The van der Waals surface area contributed by atoms with Crippen molar-refractivity contribution in [3.63, 3.8) is 0 Å². The largest absolute Gasteiger partial charge is 0.495 e. The molecule has 0 unspecified atom stereocenters. The first-order valence-corrected chi connectivity index (χ1v) is 9.84. The van der Waals surface area contributed by atoms with E-state index in [1.54, 1.807) is 30.3 Å². The molecule has 1 aliphatic rings. The minimum Gasteiger partial charge on any atom is -0.495 e. The number of carbonyl (C=O) groups is 2. The number of aromatic nitrogens is 1.